The highest BCUT2D eigenvalue weighted by atomic mass is 16.6. The molecule has 0 spiro atoms. The van der Waals surface area contributed by atoms with Gasteiger partial charge in [-0.2, -0.15) is 0 Å². The molecule has 3 N–H and O–H groups in total. The summed E-state index contributed by atoms with van der Waals surface area (Å²) in [5.74, 6) is 1.13. The second-order valence-corrected chi connectivity index (χ2v) is 6.31. The Morgan fingerprint density at radius 1 is 1.35 bits per heavy atom. The minimum atomic E-state index is -0.492. The summed E-state index contributed by atoms with van der Waals surface area (Å²) >= 11 is 0. The average molecular weight is 320 g/mol. The Hall–Kier alpha value is -2.25. The van der Waals surface area contributed by atoms with Crippen LogP contribution in [0, 0.1) is 10.1 Å². The highest BCUT2D eigenvalue weighted by Crippen LogP contribution is 2.23. The standard InChI is InChI=1S/C15H24N6O2/c1-10-13(21(22)23)14(20-9-8-16-11(20)2)19-15(17-10)18-12-6-4-3-5-7-12/h8-12,16H,3-7H2,1-2H3,(H2,17,18,19). The van der Waals surface area contributed by atoms with Crippen molar-refractivity contribution in [2.75, 3.05) is 0 Å². The van der Waals surface area contributed by atoms with Crippen LogP contribution in [0.1, 0.15) is 46.0 Å². The SMILES string of the molecule is CC1N=C(NC2CCCCC2)NC(N2C=CNC2C)=C1[N+](=O)[O-]. The van der Waals surface area contributed by atoms with Crippen LogP contribution in [0.2, 0.25) is 0 Å². The lowest BCUT2D eigenvalue weighted by atomic mass is 9.96. The van der Waals surface area contributed by atoms with Crippen LogP contribution in [0.15, 0.2) is 28.9 Å². The van der Waals surface area contributed by atoms with Crippen LogP contribution in [-0.2, 0) is 0 Å². The maximum atomic E-state index is 11.5. The zero-order chi connectivity index (χ0) is 16.4. The van der Waals surface area contributed by atoms with Crippen molar-refractivity contribution >= 4 is 5.96 Å². The second-order valence-electron chi connectivity index (χ2n) is 6.31. The van der Waals surface area contributed by atoms with E-state index in [4.69, 9.17) is 0 Å². The van der Waals surface area contributed by atoms with Gasteiger partial charge in [-0.15, -0.1) is 0 Å². The third-order valence-electron chi connectivity index (χ3n) is 4.59. The van der Waals surface area contributed by atoms with Gasteiger partial charge in [0.25, 0.3) is 0 Å². The molecule has 2 aliphatic heterocycles. The molecule has 0 aromatic carbocycles. The summed E-state index contributed by atoms with van der Waals surface area (Å²) in [5.41, 5.74) is 0.0967. The Kier molecular flexibility index (Phi) is 4.40. The van der Waals surface area contributed by atoms with Gasteiger partial charge in [0.1, 0.15) is 12.2 Å². The number of nitrogens with one attached hydrogen (secondary N) is 3. The van der Waals surface area contributed by atoms with Crippen LogP contribution < -0.4 is 16.0 Å². The van der Waals surface area contributed by atoms with Crippen molar-refractivity contribution in [1.82, 2.24) is 20.9 Å². The van der Waals surface area contributed by atoms with E-state index in [0.717, 1.165) is 12.8 Å². The summed E-state index contributed by atoms with van der Waals surface area (Å²) in [4.78, 5) is 17.4. The van der Waals surface area contributed by atoms with Crippen molar-refractivity contribution in [3.63, 3.8) is 0 Å². The zero-order valence-corrected chi connectivity index (χ0v) is 13.6. The number of hydrogen-bond acceptors (Lipinski definition) is 7. The Morgan fingerprint density at radius 3 is 2.70 bits per heavy atom. The zero-order valence-electron chi connectivity index (χ0n) is 13.6. The predicted octanol–water partition coefficient (Wildman–Crippen LogP) is 1.42. The van der Waals surface area contributed by atoms with Crippen molar-refractivity contribution in [2.24, 2.45) is 4.99 Å². The van der Waals surface area contributed by atoms with E-state index in [1.54, 1.807) is 13.1 Å². The summed E-state index contributed by atoms with van der Waals surface area (Å²) in [5, 5.41) is 21.2. The number of hydrogen-bond donors (Lipinski definition) is 3. The van der Waals surface area contributed by atoms with E-state index in [1.165, 1.54) is 19.3 Å². The lowest BCUT2D eigenvalue weighted by Gasteiger charge is -2.32. The first kappa shape index (κ1) is 15.6. The Balaban J connectivity index is 1.80. The highest BCUT2D eigenvalue weighted by molar-refractivity contribution is 5.83. The molecule has 23 heavy (non-hydrogen) atoms. The van der Waals surface area contributed by atoms with Crippen molar-refractivity contribution < 1.29 is 4.92 Å². The second kappa shape index (κ2) is 6.47. The van der Waals surface area contributed by atoms with Crippen LogP contribution in [0.4, 0.5) is 0 Å². The van der Waals surface area contributed by atoms with Crippen molar-refractivity contribution in [3.8, 4) is 0 Å². The van der Waals surface area contributed by atoms with Gasteiger partial charge >= 0.3 is 5.70 Å². The maximum Gasteiger partial charge on any atom is 0.310 e. The van der Waals surface area contributed by atoms with Crippen LogP contribution in [0.25, 0.3) is 0 Å². The van der Waals surface area contributed by atoms with Crippen LogP contribution in [0.5, 0.6) is 0 Å². The smallest absolute Gasteiger partial charge is 0.310 e. The molecule has 8 heteroatoms. The number of aliphatic imine (C=N–C) groups is 1. The van der Waals surface area contributed by atoms with Gasteiger partial charge in [-0.25, -0.2) is 4.99 Å². The van der Waals surface area contributed by atoms with Gasteiger partial charge in [-0.3, -0.25) is 10.1 Å². The molecular formula is C15H24N6O2. The van der Waals surface area contributed by atoms with Crippen molar-refractivity contribution in [3.05, 3.63) is 34.0 Å². The number of rotatable bonds is 3. The topological polar surface area (TPSA) is 94.8 Å². The molecule has 0 radical (unpaired) electrons. The summed E-state index contributed by atoms with van der Waals surface area (Å²) < 4.78 is 0. The van der Waals surface area contributed by atoms with Gasteiger partial charge in [-0.05, 0) is 26.7 Å². The van der Waals surface area contributed by atoms with E-state index in [1.807, 2.05) is 18.0 Å². The van der Waals surface area contributed by atoms with E-state index < -0.39 is 6.04 Å². The largest absolute Gasteiger partial charge is 0.370 e. The number of nitrogens with zero attached hydrogens (tertiary/aromatic N) is 3. The number of nitro groups is 1. The summed E-state index contributed by atoms with van der Waals surface area (Å²) in [7, 11) is 0. The third kappa shape index (κ3) is 3.25. The van der Waals surface area contributed by atoms with E-state index in [-0.39, 0.29) is 16.8 Å². The molecule has 0 amide bonds. The summed E-state index contributed by atoms with van der Waals surface area (Å²) in [6.07, 6.45) is 9.54. The first-order valence-corrected chi connectivity index (χ1v) is 8.27. The Morgan fingerprint density at radius 2 is 2.09 bits per heavy atom. The van der Waals surface area contributed by atoms with Gasteiger partial charge in [0.15, 0.2) is 11.8 Å². The molecule has 2 unspecified atom stereocenters. The molecule has 0 aromatic heterocycles. The van der Waals surface area contributed by atoms with Gasteiger partial charge in [0, 0.05) is 18.4 Å². The minimum absolute atomic E-state index is 0.0336. The predicted molar refractivity (Wildman–Crippen MR) is 87.6 cm³/mol. The molecule has 1 fully saturated rings. The van der Waals surface area contributed by atoms with E-state index in [2.05, 4.69) is 20.9 Å². The third-order valence-corrected chi connectivity index (χ3v) is 4.59. The summed E-state index contributed by atoms with van der Waals surface area (Å²) in [6.45, 7) is 3.72. The fourth-order valence-corrected chi connectivity index (χ4v) is 3.35. The monoisotopic (exact) mass is 320 g/mol. The first-order valence-electron chi connectivity index (χ1n) is 8.27. The molecule has 3 aliphatic rings. The fourth-order valence-electron chi connectivity index (χ4n) is 3.35. The average Bonchev–Trinajstić information content (AvgIpc) is 2.93. The van der Waals surface area contributed by atoms with Crippen molar-refractivity contribution in [1.29, 1.82) is 0 Å². The fraction of sp³-hybridized carbons (Fsp3) is 0.667. The quantitative estimate of drug-likeness (QED) is 0.538. The lowest BCUT2D eigenvalue weighted by Crippen LogP contribution is -2.51. The molecule has 1 saturated carbocycles. The van der Waals surface area contributed by atoms with Crippen LogP contribution >= 0.6 is 0 Å². The molecule has 126 valence electrons. The molecule has 0 aromatic rings. The Bertz CT molecular complexity index is 564. The van der Waals surface area contributed by atoms with Crippen LogP contribution in [0.3, 0.4) is 0 Å². The molecule has 2 heterocycles. The van der Waals surface area contributed by atoms with E-state index >= 15 is 0 Å². The van der Waals surface area contributed by atoms with Gasteiger partial charge in [0.2, 0.25) is 0 Å². The molecule has 0 saturated heterocycles. The maximum absolute atomic E-state index is 11.5. The lowest BCUT2D eigenvalue weighted by molar-refractivity contribution is -0.431. The minimum Gasteiger partial charge on any atom is -0.370 e. The van der Waals surface area contributed by atoms with Crippen LogP contribution in [-0.4, -0.2) is 34.0 Å². The normalized spacial score (nSPS) is 28.3. The molecule has 3 rings (SSSR count). The van der Waals surface area contributed by atoms with Gasteiger partial charge in [-0.1, -0.05) is 19.3 Å². The van der Waals surface area contributed by atoms with E-state index in [9.17, 15) is 10.1 Å². The van der Waals surface area contributed by atoms with Gasteiger partial charge < -0.3 is 20.9 Å². The summed E-state index contributed by atoms with van der Waals surface area (Å²) in [6, 6.07) is -0.0983. The molecule has 2 atom stereocenters. The first-order chi connectivity index (χ1) is 11.1. The van der Waals surface area contributed by atoms with Gasteiger partial charge in [0.05, 0.1) is 4.92 Å². The van der Waals surface area contributed by atoms with E-state index in [0.29, 0.717) is 17.8 Å². The molecular weight excluding hydrogens is 296 g/mol. The highest BCUT2D eigenvalue weighted by Gasteiger charge is 2.36. The molecule has 1 aliphatic carbocycles. The molecule has 8 nitrogen and oxygen atoms in total. The number of guanidine groups is 1. The molecule has 0 bridgehead atoms. The Labute approximate surface area is 135 Å². The van der Waals surface area contributed by atoms with Crippen molar-refractivity contribution in [2.45, 2.75) is 64.2 Å².